The second kappa shape index (κ2) is 7.55. The number of aryl methyl sites for hydroxylation is 2. The number of hydrogen-bond donors (Lipinski definition) is 1. The van der Waals surface area contributed by atoms with Crippen molar-refractivity contribution in [2.45, 2.75) is 42.4 Å². The zero-order chi connectivity index (χ0) is 24.9. The molecule has 2 aliphatic carbocycles. The average molecular weight is 570 g/mol. The smallest absolute Gasteiger partial charge is 0.254 e. The fraction of sp³-hybridized carbons (Fsp3) is 0.500. The van der Waals surface area contributed by atoms with E-state index in [1.54, 1.807) is 26.0 Å². The molecule has 0 bridgehead atoms. The van der Waals surface area contributed by atoms with Crippen molar-refractivity contribution in [3.8, 4) is 5.75 Å². The second-order valence-electron chi connectivity index (χ2n) is 9.73. The number of imide groups is 2. The zero-order valence-electron chi connectivity index (χ0n) is 18.8. The molecule has 7 nitrogen and oxygen atoms in total. The molecule has 10 heteroatoms. The summed E-state index contributed by atoms with van der Waals surface area (Å²) < 4.78 is 0. The van der Waals surface area contributed by atoms with Gasteiger partial charge in [-0.1, -0.05) is 39.7 Å². The third-order valence-electron chi connectivity index (χ3n) is 8.08. The molecule has 0 spiro atoms. The van der Waals surface area contributed by atoms with Gasteiger partial charge in [-0.3, -0.25) is 29.0 Å². The number of carbonyl (C=O) groups is 4. The number of benzene rings is 1. The molecule has 6 atom stereocenters. The summed E-state index contributed by atoms with van der Waals surface area (Å²) in [5, 5.41) is 10.4. The number of allylic oxidation sites excluding steroid dienone is 2. The lowest BCUT2D eigenvalue weighted by Gasteiger charge is -2.51. The number of carbonyl (C=O) groups excluding carboxylic acids is 4. The van der Waals surface area contributed by atoms with Crippen LogP contribution in [0.5, 0.6) is 5.75 Å². The van der Waals surface area contributed by atoms with Crippen molar-refractivity contribution in [2.75, 3.05) is 12.5 Å². The lowest BCUT2D eigenvalue weighted by molar-refractivity contribution is -0.140. The van der Waals surface area contributed by atoms with Gasteiger partial charge in [-0.2, -0.15) is 0 Å². The highest BCUT2D eigenvalue weighted by atomic mass is 79.9. The maximum atomic E-state index is 13.7. The predicted molar refractivity (Wildman–Crippen MR) is 129 cm³/mol. The van der Waals surface area contributed by atoms with Crippen molar-refractivity contribution >= 4 is 62.8 Å². The summed E-state index contributed by atoms with van der Waals surface area (Å²) in [5.41, 5.74) is 2.49. The normalized spacial score (nSPS) is 37.1. The van der Waals surface area contributed by atoms with E-state index in [4.69, 9.17) is 23.2 Å². The Morgan fingerprint density at radius 2 is 1.68 bits per heavy atom. The summed E-state index contributed by atoms with van der Waals surface area (Å²) in [7, 11) is 1.47. The monoisotopic (exact) mass is 568 g/mol. The number of phenols is 1. The minimum atomic E-state index is -1.83. The number of alkyl halides is 3. The minimum Gasteiger partial charge on any atom is -0.507 e. The Morgan fingerprint density at radius 1 is 1.06 bits per heavy atom. The van der Waals surface area contributed by atoms with Crippen molar-refractivity contribution in [3.05, 3.63) is 40.5 Å². The molecule has 2 saturated heterocycles. The SMILES string of the molecule is Cc1cc(C2C3=CCC4C(=O)N(C)C(=O)C4C3CC3(Cl)C(=O)N(CBr)C(=O)C23Cl)cc(C)c1O. The minimum absolute atomic E-state index is 0.0292. The van der Waals surface area contributed by atoms with E-state index in [9.17, 15) is 24.3 Å². The highest BCUT2D eigenvalue weighted by Gasteiger charge is 2.76. The number of nitrogens with zero attached hydrogens (tertiary/aromatic N) is 2. The van der Waals surface area contributed by atoms with Gasteiger partial charge in [-0.05, 0) is 49.3 Å². The van der Waals surface area contributed by atoms with Gasteiger partial charge in [0.1, 0.15) is 5.75 Å². The first-order valence-corrected chi connectivity index (χ1v) is 12.9. The first kappa shape index (κ1) is 23.8. The molecule has 0 aromatic heterocycles. The number of hydrogen-bond acceptors (Lipinski definition) is 5. The Kier molecular flexibility index (Phi) is 5.29. The van der Waals surface area contributed by atoms with Crippen molar-refractivity contribution in [3.63, 3.8) is 0 Å². The van der Waals surface area contributed by atoms with Crippen LogP contribution in [0.25, 0.3) is 0 Å². The maximum Gasteiger partial charge on any atom is 0.254 e. The van der Waals surface area contributed by atoms with Crippen molar-refractivity contribution < 1.29 is 24.3 Å². The van der Waals surface area contributed by atoms with Crippen LogP contribution < -0.4 is 0 Å². The number of aromatic hydroxyl groups is 1. The van der Waals surface area contributed by atoms with E-state index in [1.165, 1.54) is 7.05 Å². The molecule has 1 aromatic carbocycles. The van der Waals surface area contributed by atoms with Crippen LogP contribution in [0.15, 0.2) is 23.8 Å². The molecule has 2 heterocycles. The molecular formula is C24H23BrCl2N2O5. The summed E-state index contributed by atoms with van der Waals surface area (Å²) in [6.45, 7) is 3.49. The maximum absolute atomic E-state index is 13.7. The fourth-order valence-electron chi connectivity index (χ4n) is 6.44. The van der Waals surface area contributed by atoms with Gasteiger partial charge in [0.2, 0.25) is 11.8 Å². The van der Waals surface area contributed by atoms with Gasteiger partial charge in [-0.15, -0.1) is 23.2 Å². The molecule has 2 aliphatic heterocycles. The summed E-state index contributed by atoms with van der Waals surface area (Å²) in [6, 6.07) is 3.48. The fourth-order valence-corrected chi connectivity index (χ4v) is 7.87. The molecule has 3 fully saturated rings. The highest BCUT2D eigenvalue weighted by molar-refractivity contribution is 9.09. The summed E-state index contributed by atoms with van der Waals surface area (Å²) in [5.74, 6) is -4.20. The molecule has 1 aromatic rings. The number of halogens is 3. The number of phenolic OH excluding ortho intramolecular Hbond substituents is 1. The Balaban J connectivity index is 1.78. The van der Waals surface area contributed by atoms with Crippen LogP contribution in [0.4, 0.5) is 0 Å². The van der Waals surface area contributed by atoms with E-state index in [2.05, 4.69) is 15.9 Å². The molecule has 34 heavy (non-hydrogen) atoms. The Bertz CT molecular complexity index is 1190. The van der Waals surface area contributed by atoms with Crippen LogP contribution in [0.1, 0.15) is 35.4 Å². The van der Waals surface area contributed by atoms with Crippen LogP contribution in [-0.2, 0) is 19.2 Å². The second-order valence-corrected chi connectivity index (χ2v) is 11.5. The third-order valence-corrected chi connectivity index (χ3v) is 10.00. The molecule has 1 saturated carbocycles. The quantitative estimate of drug-likeness (QED) is 0.255. The third kappa shape index (κ3) is 2.70. The summed E-state index contributed by atoms with van der Waals surface area (Å²) >= 11 is 17.5. The molecule has 4 amide bonds. The van der Waals surface area contributed by atoms with Crippen molar-refractivity contribution in [2.24, 2.45) is 17.8 Å². The molecule has 1 N–H and O–H groups in total. The average Bonchev–Trinajstić information content (AvgIpc) is 3.10. The van der Waals surface area contributed by atoms with Crippen LogP contribution in [0.2, 0.25) is 0 Å². The highest BCUT2D eigenvalue weighted by Crippen LogP contribution is 2.65. The Morgan fingerprint density at radius 3 is 2.26 bits per heavy atom. The van der Waals surface area contributed by atoms with Crippen molar-refractivity contribution in [1.82, 2.24) is 9.80 Å². The van der Waals surface area contributed by atoms with Crippen LogP contribution in [0, 0.1) is 31.6 Å². The molecular weight excluding hydrogens is 547 g/mol. The topological polar surface area (TPSA) is 95.0 Å². The van der Waals surface area contributed by atoms with E-state index in [1.807, 2.05) is 6.08 Å². The Hall–Kier alpha value is -1.90. The van der Waals surface area contributed by atoms with Crippen LogP contribution >= 0.6 is 39.1 Å². The predicted octanol–water partition coefficient (Wildman–Crippen LogP) is 3.35. The van der Waals surface area contributed by atoms with Gasteiger partial charge >= 0.3 is 0 Å². The summed E-state index contributed by atoms with van der Waals surface area (Å²) in [4.78, 5) is 51.5. The molecule has 4 aliphatic rings. The lowest BCUT2D eigenvalue weighted by atomic mass is 9.56. The first-order valence-electron chi connectivity index (χ1n) is 11.0. The molecule has 6 unspecified atom stereocenters. The van der Waals surface area contributed by atoms with E-state index >= 15 is 0 Å². The van der Waals surface area contributed by atoms with Crippen LogP contribution in [0.3, 0.4) is 0 Å². The Labute approximate surface area is 215 Å². The molecule has 5 rings (SSSR count). The number of rotatable bonds is 2. The standard InChI is InChI=1S/C24H23BrCl2N2O5/c1-10-6-12(7-11(2)18(10)30)17-13-4-5-14-16(20(32)28(3)19(14)31)15(13)8-23(26)21(33)29(9-25)22(34)24(17,23)27/h4,6-7,14-17,30H,5,8-9H2,1-3H3. The number of fused-ring (bicyclic) bond motifs is 4. The summed E-state index contributed by atoms with van der Waals surface area (Å²) in [6.07, 6.45) is 2.20. The van der Waals surface area contributed by atoms with Gasteiger partial charge in [0.05, 0.1) is 17.3 Å². The number of amides is 4. The zero-order valence-corrected chi connectivity index (χ0v) is 21.9. The largest absolute Gasteiger partial charge is 0.507 e. The first-order chi connectivity index (χ1) is 15.9. The molecule has 180 valence electrons. The van der Waals surface area contributed by atoms with Gasteiger partial charge < -0.3 is 5.11 Å². The van der Waals surface area contributed by atoms with E-state index < -0.39 is 45.2 Å². The van der Waals surface area contributed by atoms with Crippen molar-refractivity contribution in [1.29, 1.82) is 0 Å². The molecule has 0 radical (unpaired) electrons. The number of likely N-dealkylation sites (tertiary alicyclic amines) is 2. The van der Waals surface area contributed by atoms with E-state index in [0.29, 0.717) is 23.1 Å². The van der Waals surface area contributed by atoms with Gasteiger partial charge in [0.25, 0.3) is 11.8 Å². The van der Waals surface area contributed by atoms with Crippen LogP contribution in [-0.4, -0.2) is 60.8 Å². The van der Waals surface area contributed by atoms with E-state index in [0.717, 1.165) is 15.4 Å². The van der Waals surface area contributed by atoms with E-state index in [-0.39, 0.29) is 29.4 Å². The van der Waals surface area contributed by atoms with Gasteiger partial charge in [0, 0.05) is 13.0 Å². The van der Waals surface area contributed by atoms with Gasteiger partial charge in [-0.25, -0.2) is 0 Å². The lowest BCUT2D eigenvalue weighted by Crippen LogP contribution is -2.60. The van der Waals surface area contributed by atoms with Gasteiger partial charge in [0.15, 0.2) is 9.75 Å².